The first-order chi connectivity index (χ1) is 8.75. The summed E-state index contributed by atoms with van der Waals surface area (Å²) in [6.45, 7) is 5.55. The molecule has 18 heavy (non-hydrogen) atoms. The zero-order chi connectivity index (χ0) is 12.8. The van der Waals surface area contributed by atoms with Crippen molar-refractivity contribution in [2.75, 3.05) is 44.7 Å². The van der Waals surface area contributed by atoms with Gasteiger partial charge in [0.15, 0.2) is 0 Å². The molecule has 2 rings (SSSR count). The molecule has 7 heteroatoms. The van der Waals surface area contributed by atoms with Gasteiger partial charge in [0.25, 0.3) is 0 Å². The van der Waals surface area contributed by atoms with Crippen LogP contribution in [0.2, 0.25) is 10.3 Å². The van der Waals surface area contributed by atoms with Crippen LogP contribution in [0.1, 0.15) is 6.42 Å². The highest BCUT2D eigenvalue weighted by Crippen LogP contribution is 2.19. The van der Waals surface area contributed by atoms with Gasteiger partial charge in [0.1, 0.15) is 10.8 Å². The molecule has 0 unspecified atom stereocenters. The molecular formula is C11H16Cl2N4O. The van der Waals surface area contributed by atoms with E-state index >= 15 is 0 Å². The third kappa shape index (κ3) is 4.24. The molecule has 1 aliphatic heterocycles. The number of rotatable bonds is 5. The molecule has 0 saturated carbocycles. The predicted molar refractivity (Wildman–Crippen MR) is 72.4 cm³/mol. The van der Waals surface area contributed by atoms with Gasteiger partial charge >= 0.3 is 0 Å². The maximum absolute atomic E-state index is 5.95. The molecule has 0 radical (unpaired) electrons. The van der Waals surface area contributed by atoms with Gasteiger partial charge in [-0.15, -0.1) is 0 Å². The van der Waals surface area contributed by atoms with E-state index in [1.54, 1.807) is 0 Å². The van der Waals surface area contributed by atoms with Crippen molar-refractivity contribution in [2.45, 2.75) is 6.42 Å². The van der Waals surface area contributed by atoms with E-state index in [9.17, 15) is 0 Å². The molecule has 1 fully saturated rings. The standard InChI is InChI=1S/C11H16Cl2N4O/c12-9-8-15-11(13)16-10(9)14-2-1-3-17-4-6-18-7-5-17/h8H,1-7H2,(H,14,15,16). The first-order valence-electron chi connectivity index (χ1n) is 5.98. The molecule has 1 aromatic heterocycles. The Bertz CT molecular complexity index is 385. The summed E-state index contributed by atoms with van der Waals surface area (Å²) in [6, 6.07) is 0. The summed E-state index contributed by atoms with van der Waals surface area (Å²) in [4.78, 5) is 10.2. The largest absolute Gasteiger partial charge is 0.379 e. The fraction of sp³-hybridized carbons (Fsp3) is 0.636. The molecule has 0 aromatic carbocycles. The lowest BCUT2D eigenvalue weighted by molar-refractivity contribution is 0.0378. The van der Waals surface area contributed by atoms with E-state index in [0.29, 0.717) is 10.8 Å². The Morgan fingerprint density at radius 1 is 1.33 bits per heavy atom. The van der Waals surface area contributed by atoms with Crippen LogP contribution >= 0.6 is 23.2 Å². The zero-order valence-electron chi connectivity index (χ0n) is 10.0. The summed E-state index contributed by atoms with van der Waals surface area (Å²) in [5.74, 6) is 0.596. The minimum Gasteiger partial charge on any atom is -0.379 e. The van der Waals surface area contributed by atoms with Gasteiger partial charge in [-0.2, -0.15) is 4.98 Å². The van der Waals surface area contributed by atoms with Crippen molar-refractivity contribution in [2.24, 2.45) is 0 Å². The van der Waals surface area contributed by atoms with Crippen molar-refractivity contribution in [3.63, 3.8) is 0 Å². The smallest absolute Gasteiger partial charge is 0.224 e. The molecule has 100 valence electrons. The summed E-state index contributed by atoms with van der Waals surface area (Å²) < 4.78 is 5.30. The number of aromatic nitrogens is 2. The Morgan fingerprint density at radius 2 is 2.11 bits per heavy atom. The average molecular weight is 291 g/mol. The monoisotopic (exact) mass is 290 g/mol. The fourth-order valence-corrected chi connectivity index (χ4v) is 2.09. The van der Waals surface area contributed by atoms with E-state index in [4.69, 9.17) is 27.9 Å². The van der Waals surface area contributed by atoms with Crippen molar-refractivity contribution in [3.05, 3.63) is 16.5 Å². The molecule has 0 bridgehead atoms. The summed E-state index contributed by atoms with van der Waals surface area (Å²) >= 11 is 11.7. The second kappa shape index (κ2) is 7.09. The molecule has 0 aliphatic carbocycles. The average Bonchev–Trinajstić information content (AvgIpc) is 2.40. The lowest BCUT2D eigenvalue weighted by Gasteiger charge is -2.26. The number of nitrogens with zero attached hydrogens (tertiary/aromatic N) is 3. The van der Waals surface area contributed by atoms with Crippen LogP contribution in [-0.4, -0.2) is 54.3 Å². The van der Waals surface area contributed by atoms with Gasteiger partial charge in [-0.1, -0.05) is 11.6 Å². The topological polar surface area (TPSA) is 50.3 Å². The van der Waals surface area contributed by atoms with Gasteiger partial charge in [0.05, 0.1) is 19.4 Å². The van der Waals surface area contributed by atoms with E-state index in [1.807, 2.05) is 0 Å². The number of hydrogen-bond acceptors (Lipinski definition) is 5. The Labute approximate surface area is 116 Å². The van der Waals surface area contributed by atoms with Crippen molar-refractivity contribution in [1.29, 1.82) is 0 Å². The molecule has 5 nitrogen and oxygen atoms in total. The minimum atomic E-state index is 0.204. The van der Waals surface area contributed by atoms with E-state index in [0.717, 1.165) is 45.8 Å². The highest BCUT2D eigenvalue weighted by Gasteiger charge is 2.09. The predicted octanol–water partition coefficient (Wildman–Crippen LogP) is 1.92. The highest BCUT2D eigenvalue weighted by molar-refractivity contribution is 6.33. The Balaban J connectivity index is 1.69. The number of anilines is 1. The number of halogens is 2. The quantitative estimate of drug-likeness (QED) is 0.663. The third-order valence-corrected chi connectivity index (χ3v) is 3.22. The first-order valence-corrected chi connectivity index (χ1v) is 6.73. The second-order valence-electron chi connectivity index (χ2n) is 4.07. The molecule has 0 amide bonds. The number of hydrogen-bond donors (Lipinski definition) is 1. The Hall–Kier alpha value is -0.620. The van der Waals surface area contributed by atoms with Crippen LogP contribution in [-0.2, 0) is 4.74 Å². The van der Waals surface area contributed by atoms with Crippen LogP contribution in [0, 0.1) is 0 Å². The van der Waals surface area contributed by atoms with Gasteiger partial charge in [0.2, 0.25) is 5.28 Å². The van der Waals surface area contributed by atoms with Crippen molar-refractivity contribution >= 4 is 29.0 Å². The highest BCUT2D eigenvalue weighted by atomic mass is 35.5. The van der Waals surface area contributed by atoms with E-state index in [-0.39, 0.29) is 5.28 Å². The van der Waals surface area contributed by atoms with E-state index < -0.39 is 0 Å². The lowest BCUT2D eigenvalue weighted by Crippen LogP contribution is -2.37. The molecule has 1 aromatic rings. The summed E-state index contributed by atoms with van der Waals surface area (Å²) in [5.41, 5.74) is 0. The van der Waals surface area contributed by atoms with Gasteiger partial charge in [-0.05, 0) is 24.6 Å². The van der Waals surface area contributed by atoms with Crippen molar-refractivity contribution in [1.82, 2.24) is 14.9 Å². The number of ether oxygens (including phenoxy) is 1. The molecule has 0 spiro atoms. The summed E-state index contributed by atoms with van der Waals surface area (Å²) in [6.07, 6.45) is 2.53. The summed E-state index contributed by atoms with van der Waals surface area (Å²) in [5, 5.41) is 3.86. The van der Waals surface area contributed by atoms with Crippen LogP contribution in [0.3, 0.4) is 0 Å². The Kier molecular flexibility index (Phi) is 5.44. The maximum atomic E-state index is 5.95. The molecule has 0 atom stereocenters. The molecule has 1 aliphatic rings. The van der Waals surface area contributed by atoms with Gasteiger partial charge in [0, 0.05) is 19.6 Å². The zero-order valence-corrected chi connectivity index (χ0v) is 11.5. The Morgan fingerprint density at radius 3 is 2.89 bits per heavy atom. The van der Waals surface area contributed by atoms with Crippen molar-refractivity contribution in [3.8, 4) is 0 Å². The normalized spacial score (nSPS) is 16.8. The number of nitrogens with one attached hydrogen (secondary N) is 1. The molecule has 1 saturated heterocycles. The SMILES string of the molecule is Clc1ncc(Cl)c(NCCCN2CCOCC2)n1. The maximum Gasteiger partial charge on any atom is 0.224 e. The van der Waals surface area contributed by atoms with Crippen LogP contribution < -0.4 is 5.32 Å². The number of morpholine rings is 1. The fourth-order valence-electron chi connectivity index (χ4n) is 1.80. The van der Waals surface area contributed by atoms with Gasteiger partial charge < -0.3 is 10.1 Å². The van der Waals surface area contributed by atoms with Gasteiger partial charge in [-0.3, -0.25) is 4.90 Å². The van der Waals surface area contributed by atoms with E-state index in [1.165, 1.54) is 6.20 Å². The first kappa shape index (κ1) is 13.8. The lowest BCUT2D eigenvalue weighted by atomic mass is 10.3. The van der Waals surface area contributed by atoms with E-state index in [2.05, 4.69) is 20.2 Å². The van der Waals surface area contributed by atoms with Crippen LogP contribution in [0.4, 0.5) is 5.82 Å². The minimum absolute atomic E-state index is 0.204. The summed E-state index contributed by atoms with van der Waals surface area (Å²) in [7, 11) is 0. The molecule has 1 N–H and O–H groups in total. The molecule has 2 heterocycles. The van der Waals surface area contributed by atoms with Crippen LogP contribution in [0.15, 0.2) is 6.20 Å². The second-order valence-corrected chi connectivity index (χ2v) is 4.82. The van der Waals surface area contributed by atoms with Crippen LogP contribution in [0.5, 0.6) is 0 Å². The van der Waals surface area contributed by atoms with Gasteiger partial charge in [-0.25, -0.2) is 4.98 Å². The molecular weight excluding hydrogens is 275 g/mol. The van der Waals surface area contributed by atoms with Crippen LogP contribution in [0.25, 0.3) is 0 Å². The van der Waals surface area contributed by atoms with Crippen molar-refractivity contribution < 1.29 is 4.74 Å². The third-order valence-electron chi connectivity index (χ3n) is 2.76.